The van der Waals surface area contributed by atoms with Gasteiger partial charge in [0.05, 0.1) is 11.1 Å². The molecule has 0 aliphatic heterocycles. The number of aromatic carboxylic acids is 1. The second-order valence-corrected chi connectivity index (χ2v) is 4.66. The molecule has 0 radical (unpaired) electrons. The fraction of sp³-hybridized carbons (Fsp3) is 0.0625. The Morgan fingerprint density at radius 3 is 2.65 bits per heavy atom. The van der Waals surface area contributed by atoms with Crippen LogP contribution in [0.1, 0.15) is 15.9 Å². The Morgan fingerprint density at radius 2 is 1.90 bits per heavy atom. The zero-order valence-corrected chi connectivity index (χ0v) is 10.7. The highest BCUT2D eigenvalue weighted by Gasteiger charge is 2.12. The van der Waals surface area contributed by atoms with Crippen molar-refractivity contribution >= 4 is 16.9 Å². The zero-order valence-electron chi connectivity index (χ0n) is 10.7. The summed E-state index contributed by atoms with van der Waals surface area (Å²) < 4.78 is 1.88. The average Bonchev–Trinajstić information content (AvgIpc) is 2.82. The lowest BCUT2D eigenvalue weighted by Crippen LogP contribution is -2.04. The number of phenols is 1. The van der Waals surface area contributed by atoms with Crippen molar-refractivity contribution in [2.45, 2.75) is 6.54 Å². The van der Waals surface area contributed by atoms with Crippen molar-refractivity contribution in [2.75, 3.05) is 0 Å². The first-order chi connectivity index (χ1) is 9.65. The third-order valence-electron chi connectivity index (χ3n) is 3.28. The number of hydrogen-bond donors (Lipinski definition) is 2. The molecule has 2 N–H and O–H groups in total. The number of rotatable bonds is 3. The molecule has 3 aromatic rings. The first kappa shape index (κ1) is 12.3. The van der Waals surface area contributed by atoms with E-state index in [1.807, 2.05) is 29.0 Å². The molecule has 0 saturated heterocycles. The zero-order chi connectivity index (χ0) is 14.1. The summed E-state index contributed by atoms with van der Waals surface area (Å²) in [5.74, 6) is -0.733. The van der Waals surface area contributed by atoms with Crippen molar-refractivity contribution in [3.8, 4) is 5.75 Å². The molecular weight excluding hydrogens is 254 g/mol. The third-order valence-corrected chi connectivity index (χ3v) is 3.28. The molecule has 0 aliphatic carbocycles. The maximum absolute atomic E-state index is 11.3. The molecule has 20 heavy (non-hydrogen) atoms. The number of carboxylic acids is 1. The summed E-state index contributed by atoms with van der Waals surface area (Å²) in [5.41, 5.74) is 1.90. The van der Waals surface area contributed by atoms with Crippen molar-refractivity contribution in [3.63, 3.8) is 0 Å². The van der Waals surface area contributed by atoms with Crippen LogP contribution in [0.15, 0.2) is 54.7 Å². The Morgan fingerprint density at radius 1 is 1.10 bits per heavy atom. The SMILES string of the molecule is O=C(O)c1cccc2ccn(Cc3cccc(O)c3)c12. The average molecular weight is 267 g/mol. The standard InChI is InChI=1S/C16H13NO3/c18-13-5-1-3-11(9-13)10-17-8-7-12-4-2-6-14(15(12)17)16(19)20/h1-9,18H,10H2,(H,19,20). The first-order valence-electron chi connectivity index (χ1n) is 6.24. The van der Waals surface area contributed by atoms with Crippen molar-refractivity contribution in [2.24, 2.45) is 0 Å². The van der Waals surface area contributed by atoms with E-state index in [4.69, 9.17) is 0 Å². The smallest absolute Gasteiger partial charge is 0.337 e. The minimum atomic E-state index is -0.938. The topological polar surface area (TPSA) is 62.5 Å². The quantitative estimate of drug-likeness (QED) is 0.766. The Kier molecular flexibility index (Phi) is 2.91. The molecule has 1 heterocycles. The largest absolute Gasteiger partial charge is 0.508 e. The number of para-hydroxylation sites is 1. The normalized spacial score (nSPS) is 10.8. The number of benzene rings is 2. The van der Waals surface area contributed by atoms with Crippen LogP contribution in [0.25, 0.3) is 10.9 Å². The number of aromatic nitrogens is 1. The summed E-state index contributed by atoms with van der Waals surface area (Å²) in [5, 5.41) is 19.7. The molecule has 1 aromatic heterocycles. The van der Waals surface area contributed by atoms with E-state index in [-0.39, 0.29) is 11.3 Å². The van der Waals surface area contributed by atoms with Crippen molar-refractivity contribution in [1.82, 2.24) is 4.57 Å². The highest BCUT2D eigenvalue weighted by atomic mass is 16.4. The lowest BCUT2D eigenvalue weighted by atomic mass is 10.1. The van der Waals surface area contributed by atoms with E-state index in [9.17, 15) is 15.0 Å². The molecule has 3 rings (SSSR count). The van der Waals surface area contributed by atoms with E-state index >= 15 is 0 Å². The van der Waals surface area contributed by atoms with Crippen LogP contribution in [0.2, 0.25) is 0 Å². The van der Waals surface area contributed by atoms with Crippen molar-refractivity contribution < 1.29 is 15.0 Å². The van der Waals surface area contributed by atoms with Gasteiger partial charge in [0.25, 0.3) is 0 Å². The van der Waals surface area contributed by atoms with Gasteiger partial charge in [0.2, 0.25) is 0 Å². The Hall–Kier alpha value is -2.75. The molecule has 0 unspecified atom stereocenters. The monoisotopic (exact) mass is 267 g/mol. The second kappa shape index (κ2) is 4.74. The van der Waals surface area contributed by atoms with Crippen LogP contribution < -0.4 is 0 Å². The van der Waals surface area contributed by atoms with Gasteiger partial charge in [-0.2, -0.15) is 0 Å². The van der Waals surface area contributed by atoms with Gasteiger partial charge in [0.1, 0.15) is 5.75 Å². The van der Waals surface area contributed by atoms with Gasteiger partial charge in [-0.05, 0) is 29.8 Å². The van der Waals surface area contributed by atoms with Gasteiger partial charge in [0, 0.05) is 18.1 Å². The van der Waals surface area contributed by atoms with Gasteiger partial charge in [-0.25, -0.2) is 4.79 Å². The van der Waals surface area contributed by atoms with E-state index in [0.717, 1.165) is 10.9 Å². The highest BCUT2D eigenvalue weighted by Crippen LogP contribution is 2.22. The predicted octanol–water partition coefficient (Wildman–Crippen LogP) is 3.09. The van der Waals surface area contributed by atoms with Crippen LogP contribution in [0.3, 0.4) is 0 Å². The van der Waals surface area contributed by atoms with Crippen molar-refractivity contribution in [1.29, 1.82) is 0 Å². The molecule has 4 heteroatoms. The summed E-state index contributed by atoms with van der Waals surface area (Å²) in [6.45, 7) is 0.516. The minimum Gasteiger partial charge on any atom is -0.508 e. The fourth-order valence-corrected chi connectivity index (χ4v) is 2.42. The molecule has 100 valence electrons. The molecule has 0 atom stereocenters. The van der Waals surface area contributed by atoms with E-state index in [1.165, 1.54) is 0 Å². The molecule has 2 aromatic carbocycles. The van der Waals surface area contributed by atoms with E-state index < -0.39 is 5.97 Å². The van der Waals surface area contributed by atoms with Crippen LogP contribution in [-0.2, 0) is 6.54 Å². The first-order valence-corrected chi connectivity index (χ1v) is 6.24. The molecule has 0 amide bonds. The number of nitrogens with zero attached hydrogens (tertiary/aromatic N) is 1. The van der Waals surface area contributed by atoms with Crippen LogP contribution in [0.4, 0.5) is 0 Å². The number of phenolic OH excluding ortho intramolecular Hbond substituents is 1. The highest BCUT2D eigenvalue weighted by molar-refractivity contribution is 6.02. The van der Waals surface area contributed by atoms with E-state index in [1.54, 1.807) is 30.3 Å². The minimum absolute atomic E-state index is 0.206. The third kappa shape index (κ3) is 2.12. The Labute approximate surface area is 115 Å². The Balaban J connectivity index is 2.10. The fourth-order valence-electron chi connectivity index (χ4n) is 2.42. The van der Waals surface area contributed by atoms with Gasteiger partial charge in [-0.15, -0.1) is 0 Å². The molecule has 4 nitrogen and oxygen atoms in total. The van der Waals surface area contributed by atoms with Gasteiger partial charge < -0.3 is 14.8 Å². The van der Waals surface area contributed by atoms with Crippen LogP contribution >= 0.6 is 0 Å². The second-order valence-electron chi connectivity index (χ2n) is 4.66. The molecule has 0 spiro atoms. The summed E-state index contributed by atoms with van der Waals surface area (Å²) in [6.07, 6.45) is 1.86. The number of aromatic hydroxyl groups is 1. The van der Waals surface area contributed by atoms with E-state index in [2.05, 4.69) is 0 Å². The lowest BCUT2D eigenvalue weighted by molar-refractivity contribution is 0.0698. The molecule has 0 bridgehead atoms. The van der Waals surface area contributed by atoms with Gasteiger partial charge >= 0.3 is 5.97 Å². The van der Waals surface area contributed by atoms with Crippen LogP contribution in [-0.4, -0.2) is 20.7 Å². The lowest BCUT2D eigenvalue weighted by Gasteiger charge is -2.08. The Bertz CT molecular complexity index is 789. The number of carboxylic acid groups (broad SMARTS) is 1. The maximum Gasteiger partial charge on any atom is 0.337 e. The number of fused-ring (bicyclic) bond motifs is 1. The number of carbonyl (C=O) groups is 1. The summed E-state index contributed by atoms with van der Waals surface area (Å²) in [7, 11) is 0. The molecular formula is C16H13NO3. The summed E-state index contributed by atoms with van der Waals surface area (Å²) in [4.78, 5) is 11.3. The van der Waals surface area contributed by atoms with Gasteiger partial charge in [0.15, 0.2) is 0 Å². The van der Waals surface area contributed by atoms with E-state index in [0.29, 0.717) is 12.1 Å². The summed E-state index contributed by atoms with van der Waals surface area (Å²) >= 11 is 0. The number of hydrogen-bond acceptors (Lipinski definition) is 2. The van der Waals surface area contributed by atoms with Crippen LogP contribution in [0, 0.1) is 0 Å². The van der Waals surface area contributed by atoms with Crippen molar-refractivity contribution in [3.05, 3.63) is 65.9 Å². The van der Waals surface area contributed by atoms with Gasteiger partial charge in [-0.3, -0.25) is 0 Å². The van der Waals surface area contributed by atoms with Crippen LogP contribution in [0.5, 0.6) is 5.75 Å². The molecule has 0 aliphatic rings. The maximum atomic E-state index is 11.3. The molecule has 0 saturated carbocycles. The van der Waals surface area contributed by atoms with Gasteiger partial charge in [-0.1, -0.05) is 24.3 Å². The summed E-state index contributed by atoms with van der Waals surface area (Å²) in [6, 6.07) is 14.1. The predicted molar refractivity (Wildman–Crippen MR) is 76.1 cm³/mol. The molecule has 0 fully saturated rings.